The highest BCUT2D eigenvalue weighted by molar-refractivity contribution is 4.85. The lowest BCUT2D eigenvalue weighted by atomic mass is 9.85. The molecule has 2 heteroatoms. The first-order chi connectivity index (χ1) is 6.92. The quantitative estimate of drug-likeness (QED) is 0.725. The van der Waals surface area contributed by atoms with Crippen LogP contribution < -0.4 is 5.32 Å². The third-order valence-electron chi connectivity index (χ3n) is 3.95. The maximum Gasteiger partial charge on any atom is 0.0135 e. The topological polar surface area (TPSA) is 15.3 Å². The predicted octanol–water partition coefficient (Wildman–Crippen LogP) is 1.86. The van der Waals surface area contributed by atoms with Gasteiger partial charge in [-0.3, -0.25) is 0 Å². The lowest BCUT2D eigenvalue weighted by Gasteiger charge is -2.41. The first kappa shape index (κ1) is 10.4. The number of piperidine rings is 2. The van der Waals surface area contributed by atoms with Crippen molar-refractivity contribution in [1.29, 1.82) is 0 Å². The summed E-state index contributed by atoms with van der Waals surface area (Å²) in [6.45, 7) is 7.42. The van der Waals surface area contributed by atoms with E-state index in [1.165, 1.54) is 58.3 Å². The molecule has 0 aromatic carbocycles. The molecule has 0 radical (unpaired) electrons. The van der Waals surface area contributed by atoms with Gasteiger partial charge >= 0.3 is 0 Å². The van der Waals surface area contributed by atoms with Gasteiger partial charge in [-0.1, -0.05) is 13.3 Å². The highest BCUT2D eigenvalue weighted by Gasteiger charge is 2.29. The average molecular weight is 196 g/mol. The summed E-state index contributed by atoms with van der Waals surface area (Å²) >= 11 is 0. The van der Waals surface area contributed by atoms with Crippen molar-refractivity contribution in [3.63, 3.8) is 0 Å². The summed E-state index contributed by atoms with van der Waals surface area (Å²) in [7, 11) is 0. The SMILES string of the molecule is CCN1CCCC[C@H]1[C@H]1CCCNC1. The molecule has 0 aromatic rings. The number of nitrogens with one attached hydrogen (secondary N) is 1. The Morgan fingerprint density at radius 3 is 2.86 bits per heavy atom. The Kier molecular flexibility index (Phi) is 3.82. The van der Waals surface area contributed by atoms with Crippen molar-refractivity contribution >= 4 is 0 Å². The molecule has 0 saturated carbocycles. The molecule has 2 fully saturated rings. The molecule has 0 bridgehead atoms. The maximum atomic E-state index is 3.55. The van der Waals surface area contributed by atoms with Crippen LogP contribution in [0.15, 0.2) is 0 Å². The standard InChI is InChI=1S/C12H24N2/c1-2-14-9-4-3-7-12(14)11-6-5-8-13-10-11/h11-13H,2-10H2,1H3/t11-,12-/m0/s1. The molecule has 0 aliphatic carbocycles. The molecule has 2 rings (SSSR count). The molecular weight excluding hydrogens is 172 g/mol. The highest BCUT2D eigenvalue weighted by atomic mass is 15.2. The Morgan fingerprint density at radius 2 is 2.14 bits per heavy atom. The minimum Gasteiger partial charge on any atom is -0.316 e. The van der Waals surface area contributed by atoms with Gasteiger partial charge in [0.1, 0.15) is 0 Å². The smallest absolute Gasteiger partial charge is 0.0135 e. The molecule has 14 heavy (non-hydrogen) atoms. The van der Waals surface area contributed by atoms with Gasteiger partial charge in [-0.15, -0.1) is 0 Å². The second-order valence-corrected chi connectivity index (χ2v) is 4.80. The fraction of sp³-hybridized carbons (Fsp3) is 1.00. The van der Waals surface area contributed by atoms with E-state index in [9.17, 15) is 0 Å². The Hall–Kier alpha value is -0.0800. The van der Waals surface area contributed by atoms with Crippen LogP contribution in [0.1, 0.15) is 39.0 Å². The highest BCUT2D eigenvalue weighted by Crippen LogP contribution is 2.26. The lowest BCUT2D eigenvalue weighted by Crippen LogP contribution is -2.48. The van der Waals surface area contributed by atoms with Crippen LogP contribution in [0, 0.1) is 5.92 Å². The van der Waals surface area contributed by atoms with Gasteiger partial charge in [0, 0.05) is 6.04 Å². The minimum atomic E-state index is 0.890. The maximum absolute atomic E-state index is 3.55. The molecule has 82 valence electrons. The van der Waals surface area contributed by atoms with E-state index in [0.29, 0.717) is 0 Å². The zero-order valence-electron chi connectivity index (χ0n) is 9.47. The number of likely N-dealkylation sites (tertiary alicyclic amines) is 1. The first-order valence-electron chi connectivity index (χ1n) is 6.36. The van der Waals surface area contributed by atoms with Crippen molar-refractivity contribution in [2.24, 2.45) is 5.92 Å². The van der Waals surface area contributed by atoms with Gasteiger partial charge < -0.3 is 10.2 Å². The number of nitrogens with zero attached hydrogens (tertiary/aromatic N) is 1. The van der Waals surface area contributed by atoms with Crippen LogP contribution in [0.4, 0.5) is 0 Å². The summed E-state index contributed by atoms with van der Waals surface area (Å²) in [5.74, 6) is 0.934. The van der Waals surface area contributed by atoms with Gasteiger partial charge in [0.05, 0.1) is 0 Å². The second-order valence-electron chi connectivity index (χ2n) is 4.80. The fourth-order valence-electron chi connectivity index (χ4n) is 3.15. The number of hydrogen-bond acceptors (Lipinski definition) is 2. The van der Waals surface area contributed by atoms with Gasteiger partial charge in [0.2, 0.25) is 0 Å². The van der Waals surface area contributed by atoms with Crippen molar-refractivity contribution in [2.45, 2.75) is 45.1 Å². The van der Waals surface area contributed by atoms with E-state index in [1.807, 2.05) is 0 Å². The molecule has 2 saturated heterocycles. The molecule has 2 atom stereocenters. The third kappa shape index (κ3) is 2.29. The Labute approximate surface area is 88.1 Å². The van der Waals surface area contributed by atoms with E-state index >= 15 is 0 Å². The second kappa shape index (κ2) is 5.13. The molecule has 2 aliphatic heterocycles. The summed E-state index contributed by atoms with van der Waals surface area (Å²) in [6.07, 6.45) is 7.16. The van der Waals surface area contributed by atoms with Crippen molar-refractivity contribution in [3.05, 3.63) is 0 Å². The first-order valence-corrected chi connectivity index (χ1v) is 6.36. The van der Waals surface area contributed by atoms with Crippen LogP contribution in [0.3, 0.4) is 0 Å². The van der Waals surface area contributed by atoms with Crippen LogP contribution in [0.25, 0.3) is 0 Å². The Morgan fingerprint density at radius 1 is 1.21 bits per heavy atom. The zero-order valence-corrected chi connectivity index (χ0v) is 9.47. The van der Waals surface area contributed by atoms with E-state index < -0.39 is 0 Å². The Balaban J connectivity index is 1.91. The van der Waals surface area contributed by atoms with Gasteiger partial charge in [0.25, 0.3) is 0 Å². The normalized spacial score (nSPS) is 35.8. The van der Waals surface area contributed by atoms with Crippen LogP contribution in [-0.4, -0.2) is 37.1 Å². The van der Waals surface area contributed by atoms with Gasteiger partial charge in [-0.25, -0.2) is 0 Å². The summed E-state index contributed by atoms with van der Waals surface area (Å²) in [4.78, 5) is 2.71. The van der Waals surface area contributed by atoms with Crippen molar-refractivity contribution in [3.8, 4) is 0 Å². The van der Waals surface area contributed by atoms with Crippen LogP contribution in [-0.2, 0) is 0 Å². The zero-order chi connectivity index (χ0) is 9.80. The average Bonchev–Trinajstić information content (AvgIpc) is 2.30. The van der Waals surface area contributed by atoms with E-state index in [0.717, 1.165) is 12.0 Å². The molecular formula is C12H24N2. The molecule has 0 amide bonds. The van der Waals surface area contributed by atoms with E-state index in [4.69, 9.17) is 0 Å². The molecule has 2 aliphatic rings. The van der Waals surface area contributed by atoms with Gasteiger partial charge in [-0.2, -0.15) is 0 Å². The van der Waals surface area contributed by atoms with Crippen LogP contribution in [0.2, 0.25) is 0 Å². The van der Waals surface area contributed by atoms with Crippen LogP contribution in [0.5, 0.6) is 0 Å². The largest absolute Gasteiger partial charge is 0.316 e. The Bertz CT molecular complexity index is 164. The predicted molar refractivity (Wildman–Crippen MR) is 60.5 cm³/mol. The van der Waals surface area contributed by atoms with Crippen molar-refractivity contribution in [1.82, 2.24) is 10.2 Å². The summed E-state index contributed by atoms with van der Waals surface area (Å²) < 4.78 is 0. The fourth-order valence-corrected chi connectivity index (χ4v) is 3.15. The number of hydrogen-bond donors (Lipinski definition) is 1. The molecule has 2 nitrogen and oxygen atoms in total. The van der Waals surface area contributed by atoms with Crippen molar-refractivity contribution in [2.75, 3.05) is 26.2 Å². The van der Waals surface area contributed by atoms with Crippen molar-refractivity contribution < 1.29 is 0 Å². The van der Waals surface area contributed by atoms with E-state index in [2.05, 4.69) is 17.1 Å². The molecule has 1 N–H and O–H groups in total. The molecule has 0 spiro atoms. The summed E-state index contributed by atoms with van der Waals surface area (Å²) in [6, 6.07) is 0.890. The molecule has 0 unspecified atom stereocenters. The molecule has 0 aromatic heterocycles. The lowest BCUT2D eigenvalue weighted by molar-refractivity contribution is 0.0924. The summed E-state index contributed by atoms with van der Waals surface area (Å²) in [5.41, 5.74) is 0. The monoisotopic (exact) mass is 196 g/mol. The third-order valence-corrected chi connectivity index (χ3v) is 3.95. The van der Waals surface area contributed by atoms with E-state index in [-0.39, 0.29) is 0 Å². The van der Waals surface area contributed by atoms with Gasteiger partial charge in [0.15, 0.2) is 0 Å². The number of rotatable bonds is 2. The minimum absolute atomic E-state index is 0.890. The molecule has 2 heterocycles. The van der Waals surface area contributed by atoms with E-state index in [1.54, 1.807) is 0 Å². The summed E-state index contributed by atoms with van der Waals surface area (Å²) in [5, 5.41) is 3.55. The van der Waals surface area contributed by atoms with Gasteiger partial charge in [-0.05, 0) is 57.8 Å². The van der Waals surface area contributed by atoms with Crippen LogP contribution >= 0.6 is 0 Å².